The Labute approximate surface area is 86.3 Å². The molecule has 78 valence electrons. The van der Waals surface area contributed by atoms with Crippen LogP contribution in [0.2, 0.25) is 0 Å². The lowest BCUT2D eigenvalue weighted by Gasteiger charge is -2.24. The summed E-state index contributed by atoms with van der Waals surface area (Å²) < 4.78 is 2.14. The summed E-state index contributed by atoms with van der Waals surface area (Å²) in [5.74, 6) is 0.772. The predicted molar refractivity (Wildman–Crippen MR) is 58.4 cm³/mol. The number of aromatic nitrogens is 2. The van der Waals surface area contributed by atoms with Gasteiger partial charge in [0.05, 0.1) is 11.2 Å². The molecular weight excluding hydrogens is 172 g/mol. The lowest BCUT2D eigenvalue weighted by molar-refractivity contribution is 0.291. The van der Waals surface area contributed by atoms with Gasteiger partial charge in [-0.05, 0) is 39.2 Å². The van der Waals surface area contributed by atoms with E-state index in [4.69, 9.17) is 0 Å². The number of hydrogen-bond acceptors (Lipinski definition) is 1. The fraction of sp³-hybridized carbons (Fsp3) is 0.750. The highest BCUT2D eigenvalue weighted by atomic mass is 15.3. The molecule has 0 atom stereocenters. The first kappa shape index (κ1) is 9.75. The first-order chi connectivity index (χ1) is 6.63. The minimum absolute atomic E-state index is 0.182. The topological polar surface area (TPSA) is 17.8 Å². The molecule has 0 bridgehead atoms. The molecule has 0 spiro atoms. The highest BCUT2D eigenvalue weighted by Gasteiger charge is 2.28. The van der Waals surface area contributed by atoms with E-state index in [2.05, 4.69) is 42.8 Å². The second kappa shape index (κ2) is 3.41. The molecule has 0 saturated heterocycles. The Morgan fingerprint density at radius 1 is 1.50 bits per heavy atom. The average Bonchev–Trinajstić information content (AvgIpc) is 2.83. The van der Waals surface area contributed by atoms with Crippen LogP contribution in [0.3, 0.4) is 0 Å². The predicted octanol–water partition coefficient (Wildman–Crippen LogP) is 3.30. The molecule has 1 aromatic rings. The van der Waals surface area contributed by atoms with Crippen LogP contribution in [0.15, 0.2) is 12.3 Å². The molecule has 2 heteroatoms. The van der Waals surface area contributed by atoms with E-state index in [-0.39, 0.29) is 5.54 Å². The van der Waals surface area contributed by atoms with Crippen LogP contribution in [0.4, 0.5) is 0 Å². The van der Waals surface area contributed by atoms with Gasteiger partial charge < -0.3 is 0 Å². The van der Waals surface area contributed by atoms with Gasteiger partial charge in [-0.2, -0.15) is 5.10 Å². The number of nitrogens with zero attached hydrogens (tertiary/aromatic N) is 2. The van der Waals surface area contributed by atoms with E-state index >= 15 is 0 Å². The van der Waals surface area contributed by atoms with Crippen LogP contribution in [-0.2, 0) is 5.54 Å². The smallest absolute Gasteiger partial charge is 0.0655 e. The summed E-state index contributed by atoms with van der Waals surface area (Å²) in [7, 11) is 0. The van der Waals surface area contributed by atoms with Gasteiger partial charge in [0, 0.05) is 12.1 Å². The van der Waals surface area contributed by atoms with Gasteiger partial charge in [0.15, 0.2) is 0 Å². The Bertz CT molecular complexity index is 308. The van der Waals surface area contributed by atoms with Crippen molar-refractivity contribution in [2.75, 3.05) is 0 Å². The Morgan fingerprint density at radius 3 is 2.79 bits per heavy atom. The van der Waals surface area contributed by atoms with E-state index < -0.39 is 0 Å². The molecule has 1 fully saturated rings. The van der Waals surface area contributed by atoms with Crippen LogP contribution >= 0.6 is 0 Å². The SMILES string of the molecule is CCCC(C)(C)n1ccc(C2CC2)n1. The highest BCUT2D eigenvalue weighted by Crippen LogP contribution is 2.39. The molecule has 1 aliphatic rings. The third kappa shape index (κ3) is 1.84. The van der Waals surface area contributed by atoms with Gasteiger partial charge in [-0.3, -0.25) is 4.68 Å². The summed E-state index contributed by atoms with van der Waals surface area (Å²) in [5, 5.41) is 4.68. The molecule has 2 nitrogen and oxygen atoms in total. The monoisotopic (exact) mass is 192 g/mol. The van der Waals surface area contributed by atoms with Crippen LogP contribution in [-0.4, -0.2) is 9.78 Å². The highest BCUT2D eigenvalue weighted by molar-refractivity contribution is 5.13. The zero-order valence-corrected chi connectivity index (χ0v) is 9.45. The molecule has 0 radical (unpaired) electrons. The standard InChI is InChI=1S/C12H20N2/c1-4-8-12(2,3)14-9-7-11(13-14)10-5-6-10/h7,9-10H,4-6,8H2,1-3H3. The first-order valence-corrected chi connectivity index (χ1v) is 5.69. The molecule has 14 heavy (non-hydrogen) atoms. The Balaban J connectivity index is 2.14. The van der Waals surface area contributed by atoms with Gasteiger partial charge in [0.25, 0.3) is 0 Å². The fourth-order valence-electron chi connectivity index (χ4n) is 2.00. The van der Waals surface area contributed by atoms with Gasteiger partial charge in [-0.15, -0.1) is 0 Å². The largest absolute Gasteiger partial charge is 0.267 e. The lowest BCUT2D eigenvalue weighted by Crippen LogP contribution is -2.26. The van der Waals surface area contributed by atoms with Crippen molar-refractivity contribution < 1.29 is 0 Å². The molecule has 0 unspecified atom stereocenters. The minimum atomic E-state index is 0.182. The number of rotatable bonds is 4. The van der Waals surface area contributed by atoms with Gasteiger partial charge in [-0.1, -0.05) is 13.3 Å². The summed E-state index contributed by atoms with van der Waals surface area (Å²) in [4.78, 5) is 0. The summed E-state index contributed by atoms with van der Waals surface area (Å²) >= 11 is 0. The van der Waals surface area contributed by atoms with Crippen molar-refractivity contribution in [1.82, 2.24) is 9.78 Å². The summed E-state index contributed by atoms with van der Waals surface area (Å²) in [5.41, 5.74) is 1.48. The Morgan fingerprint density at radius 2 is 2.21 bits per heavy atom. The van der Waals surface area contributed by atoms with Gasteiger partial charge in [0.2, 0.25) is 0 Å². The zero-order chi connectivity index (χ0) is 10.2. The summed E-state index contributed by atoms with van der Waals surface area (Å²) in [6, 6.07) is 2.19. The van der Waals surface area contributed by atoms with Crippen LogP contribution in [0.1, 0.15) is 58.1 Å². The van der Waals surface area contributed by atoms with E-state index in [1.165, 1.54) is 31.4 Å². The second-order valence-corrected chi connectivity index (χ2v) is 5.02. The van der Waals surface area contributed by atoms with E-state index in [1.807, 2.05) is 0 Å². The van der Waals surface area contributed by atoms with Crippen LogP contribution < -0.4 is 0 Å². The summed E-state index contributed by atoms with van der Waals surface area (Å²) in [6.07, 6.45) is 7.23. The third-order valence-electron chi connectivity index (χ3n) is 3.09. The fourth-order valence-corrected chi connectivity index (χ4v) is 2.00. The van der Waals surface area contributed by atoms with Crippen molar-refractivity contribution >= 4 is 0 Å². The van der Waals surface area contributed by atoms with Crippen molar-refractivity contribution in [3.8, 4) is 0 Å². The lowest BCUT2D eigenvalue weighted by atomic mass is 10.00. The molecule has 1 aromatic heterocycles. The normalized spacial score (nSPS) is 17.4. The maximum atomic E-state index is 4.68. The van der Waals surface area contributed by atoms with Crippen LogP contribution in [0.5, 0.6) is 0 Å². The molecule has 0 aliphatic heterocycles. The summed E-state index contributed by atoms with van der Waals surface area (Å²) in [6.45, 7) is 6.76. The van der Waals surface area contributed by atoms with Crippen molar-refractivity contribution in [1.29, 1.82) is 0 Å². The first-order valence-electron chi connectivity index (χ1n) is 5.69. The van der Waals surface area contributed by atoms with Crippen LogP contribution in [0, 0.1) is 0 Å². The Hall–Kier alpha value is -0.790. The van der Waals surface area contributed by atoms with Crippen molar-refractivity contribution in [2.45, 2.75) is 57.9 Å². The quantitative estimate of drug-likeness (QED) is 0.715. The maximum Gasteiger partial charge on any atom is 0.0655 e. The van der Waals surface area contributed by atoms with Crippen LogP contribution in [0.25, 0.3) is 0 Å². The average molecular weight is 192 g/mol. The van der Waals surface area contributed by atoms with E-state index in [9.17, 15) is 0 Å². The molecular formula is C12H20N2. The molecule has 1 heterocycles. The van der Waals surface area contributed by atoms with Gasteiger partial charge in [0.1, 0.15) is 0 Å². The molecule has 1 saturated carbocycles. The van der Waals surface area contributed by atoms with Crippen molar-refractivity contribution in [3.05, 3.63) is 18.0 Å². The molecule has 1 aliphatic carbocycles. The number of hydrogen-bond donors (Lipinski definition) is 0. The van der Waals surface area contributed by atoms with Gasteiger partial charge >= 0.3 is 0 Å². The maximum absolute atomic E-state index is 4.68. The van der Waals surface area contributed by atoms with Crippen molar-refractivity contribution in [2.24, 2.45) is 0 Å². The second-order valence-electron chi connectivity index (χ2n) is 5.02. The molecule has 0 N–H and O–H groups in total. The van der Waals surface area contributed by atoms with E-state index in [1.54, 1.807) is 0 Å². The van der Waals surface area contributed by atoms with E-state index in [0.29, 0.717) is 0 Å². The van der Waals surface area contributed by atoms with Gasteiger partial charge in [-0.25, -0.2) is 0 Å². The third-order valence-corrected chi connectivity index (χ3v) is 3.09. The van der Waals surface area contributed by atoms with E-state index in [0.717, 1.165) is 5.92 Å². The zero-order valence-electron chi connectivity index (χ0n) is 9.45. The minimum Gasteiger partial charge on any atom is -0.267 e. The Kier molecular flexibility index (Phi) is 2.38. The molecule has 0 aromatic carbocycles. The molecule has 0 amide bonds. The van der Waals surface area contributed by atoms with Crippen molar-refractivity contribution in [3.63, 3.8) is 0 Å². The molecule has 2 rings (SSSR count).